The summed E-state index contributed by atoms with van der Waals surface area (Å²) in [5.74, 6) is 1.45. The second kappa shape index (κ2) is 6.26. The van der Waals surface area contributed by atoms with E-state index in [-0.39, 0.29) is 0 Å². The Balaban J connectivity index is 1.40. The molecule has 0 aromatic carbocycles. The fourth-order valence-corrected chi connectivity index (χ4v) is 6.51. The average Bonchev–Trinajstić information content (AvgIpc) is 3.14. The van der Waals surface area contributed by atoms with Crippen molar-refractivity contribution >= 4 is 34.0 Å². The van der Waals surface area contributed by atoms with E-state index >= 15 is 0 Å². The summed E-state index contributed by atoms with van der Waals surface area (Å²) in [6.45, 7) is 0.737. The fourth-order valence-electron chi connectivity index (χ4n) is 3.63. The van der Waals surface area contributed by atoms with Crippen LogP contribution >= 0.6 is 34.0 Å². The maximum atomic E-state index is 6.32. The lowest BCUT2D eigenvalue weighted by atomic mass is 10.1. The van der Waals surface area contributed by atoms with E-state index in [9.17, 15) is 0 Å². The highest BCUT2D eigenvalue weighted by molar-refractivity contribution is 7.26. The fraction of sp³-hybridized carbons (Fsp3) is 0.300. The van der Waals surface area contributed by atoms with Crippen molar-refractivity contribution in [3.05, 3.63) is 58.8 Å². The molecular formula is C20H18OS3. The summed E-state index contributed by atoms with van der Waals surface area (Å²) in [6.07, 6.45) is 7.66. The van der Waals surface area contributed by atoms with E-state index in [1.54, 1.807) is 0 Å². The zero-order valence-corrected chi connectivity index (χ0v) is 15.6. The highest BCUT2D eigenvalue weighted by atomic mass is 32.1. The lowest BCUT2D eigenvalue weighted by Crippen LogP contribution is -1.98. The van der Waals surface area contributed by atoms with Crippen molar-refractivity contribution in [1.82, 2.24) is 0 Å². The molecule has 0 aliphatic heterocycles. The highest BCUT2D eigenvalue weighted by Gasteiger charge is 2.50. The summed E-state index contributed by atoms with van der Waals surface area (Å²) in [7, 11) is 0. The molecule has 3 atom stereocenters. The van der Waals surface area contributed by atoms with Crippen molar-refractivity contribution in [2.24, 2.45) is 11.8 Å². The first-order valence-corrected chi connectivity index (χ1v) is 11.0. The monoisotopic (exact) mass is 370 g/mol. The van der Waals surface area contributed by atoms with Gasteiger partial charge in [0.2, 0.25) is 0 Å². The van der Waals surface area contributed by atoms with Gasteiger partial charge in [-0.2, -0.15) is 0 Å². The third kappa shape index (κ3) is 2.72. The van der Waals surface area contributed by atoms with E-state index in [1.807, 2.05) is 34.0 Å². The van der Waals surface area contributed by atoms with Gasteiger partial charge >= 0.3 is 0 Å². The summed E-state index contributed by atoms with van der Waals surface area (Å²) in [4.78, 5) is 5.45. The first-order valence-electron chi connectivity index (χ1n) is 8.39. The van der Waals surface area contributed by atoms with E-state index in [2.05, 4.69) is 53.2 Å². The molecule has 5 rings (SSSR count). The van der Waals surface area contributed by atoms with Crippen molar-refractivity contribution in [3.8, 4) is 19.5 Å². The largest absolute Gasteiger partial charge is 0.373 e. The molecule has 122 valence electrons. The van der Waals surface area contributed by atoms with Crippen LogP contribution in [0.3, 0.4) is 0 Å². The van der Waals surface area contributed by atoms with Gasteiger partial charge in [0.05, 0.1) is 17.6 Å². The third-order valence-corrected chi connectivity index (χ3v) is 8.22. The molecule has 3 heterocycles. The van der Waals surface area contributed by atoms with E-state index < -0.39 is 0 Å². The molecule has 0 amide bonds. The minimum atomic E-state index is 0.449. The Kier molecular flexibility index (Phi) is 3.94. The molecular weight excluding hydrogens is 352 g/mol. The zero-order chi connectivity index (χ0) is 15.9. The van der Waals surface area contributed by atoms with Gasteiger partial charge in [0, 0.05) is 20.5 Å². The smallest absolute Gasteiger partial charge is 0.0735 e. The molecule has 1 saturated carbocycles. The SMILES string of the molecule is C1=CC2C(CC1)C2OCc1cc(-c2cccs2)sc1-c1cccs1. The molecule has 4 heteroatoms. The minimum absolute atomic E-state index is 0.449. The molecule has 0 saturated heterocycles. The summed E-state index contributed by atoms with van der Waals surface area (Å²) < 4.78 is 6.32. The van der Waals surface area contributed by atoms with Gasteiger partial charge in [-0.05, 0) is 53.3 Å². The van der Waals surface area contributed by atoms with E-state index in [0.29, 0.717) is 12.0 Å². The first-order chi connectivity index (χ1) is 11.9. The van der Waals surface area contributed by atoms with Gasteiger partial charge < -0.3 is 4.74 Å². The van der Waals surface area contributed by atoms with Crippen molar-refractivity contribution in [1.29, 1.82) is 0 Å². The van der Waals surface area contributed by atoms with Gasteiger partial charge in [-0.25, -0.2) is 0 Å². The highest BCUT2D eigenvalue weighted by Crippen LogP contribution is 2.49. The van der Waals surface area contributed by atoms with Crippen LogP contribution in [0.15, 0.2) is 53.2 Å². The van der Waals surface area contributed by atoms with Crippen LogP contribution in [0.25, 0.3) is 19.5 Å². The van der Waals surface area contributed by atoms with E-state index in [1.165, 1.54) is 37.9 Å². The van der Waals surface area contributed by atoms with Crippen LogP contribution in [0.4, 0.5) is 0 Å². The summed E-state index contributed by atoms with van der Waals surface area (Å²) in [5.41, 5.74) is 1.35. The summed E-state index contributed by atoms with van der Waals surface area (Å²) in [6, 6.07) is 11.0. The number of thiophene rings is 3. The van der Waals surface area contributed by atoms with Gasteiger partial charge in [0.15, 0.2) is 0 Å². The number of ether oxygens (including phenoxy) is 1. The van der Waals surface area contributed by atoms with Gasteiger partial charge in [-0.15, -0.1) is 34.0 Å². The van der Waals surface area contributed by atoms with Crippen LogP contribution in [-0.4, -0.2) is 6.10 Å². The van der Waals surface area contributed by atoms with Crippen LogP contribution in [0.2, 0.25) is 0 Å². The Morgan fingerprint density at radius 2 is 1.88 bits per heavy atom. The minimum Gasteiger partial charge on any atom is -0.373 e. The zero-order valence-electron chi connectivity index (χ0n) is 13.2. The Hall–Kier alpha value is -1.20. The molecule has 1 fully saturated rings. The van der Waals surface area contributed by atoms with Gasteiger partial charge in [0.25, 0.3) is 0 Å². The van der Waals surface area contributed by atoms with Crippen LogP contribution in [0, 0.1) is 11.8 Å². The number of hydrogen-bond acceptors (Lipinski definition) is 4. The molecule has 2 aliphatic carbocycles. The molecule has 2 aliphatic rings. The Morgan fingerprint density at radius 3 is 2.58 bits per heavy atom. The lowest BCUT2D eigenvalue weighted by molar-refractivity contribution is 0.0910. The molecule has 24 heavy (non-hydrogen) atoms. The van der Waals surface area contributed by atoms with Crippen LogP contribution in [0.1, 0.15) is 18.4 Å². The quantitative estimate of drug-likeness (QED) is 0.455. The summed E-state index contributed by atoms with van der Waals surface area (Å²) >= 11 is 5.53. The standard InChI is InChI=1S/C20H18OS3/c1-2-6-15-14(5-1)19(15)21-12-13-11-18(16-7-3-9-22-16)24-20(13)17-8-4-10-23-17/h1,3-5,7-11,14-15,19H,2,6,12H2. The van der Waals surface area contributed by atoms with Gasteiger partial charge in [-0.3, -0.25) is 0 Å². The predicted molar refractivity (Wildman–Crippen MR) is 105 cm³/mol. The molecule has 3 unspecified atom stereocenters. The lowest BCUT2D eigenvalue weighted by Gasteiger charge is -2.04. The Morgan fingerprint density at radius 1 is 1.04 bits per heavy atom. The number of fused-ring (bicyclic) bond motifs is 1. The molecule has 0 spiro atoms. The van der Waals surface area contributed by atoms with Crippen molar-refractivity contribution in [3.63, 3.8) is 0 Å². The maximum Gasteiger partial charge on any atom is 0.0735 e. The van der Waals surface area contributed by atoms with Crippen LogP contribution in [0.5, 0.6) is 0 Å². The first kappa shape index (κ1) is 15.1. The predicted octanol–water partition coefficient (Wildman–Crippen LogP) is 6.69. The second-order valence-corrected chi connectivity index (χ2v) is 9.39. The van der Waals surface area contributed by atoms with E-state index in [0.717, 1.165) is 12.5 Å². The molecule has 3 aromatic heterocycles. The normalized spacial score (nSPS) is 24.9. The number of rotatable bonds is 5. The molecule has 3 aromatic rings. The van der Waals surface area contributed by atoms with Crippen molar-refractivity contribution < 1.29 is 4.74 Å². The summed E-state index contributed by atoms with van der Waals surface area (Å²) in [5, 5.41) is 4.31. The Labute approximate surface area is 154 Å². The average molecular weight is 371 g/mol. The third-order valence-electron chi connectivity index (χ3n) is 4.93. The van der Waals surface area contributed by atoms with Crippen molar-refractivity contribution in [2.45, 2.75) is 25.6 Å². The topological polar surface area (TPSA) is 9.23 Å². The Bertz CT molecular complexity index is 842. The number of allylic oxidation sites excluding steroid dienone is 1. The van der Waals surface area contributed by atoms with Gasteiger partial charge in [-0.1, -0.05) is 24.3 Å². The molecule has 0 bridgehead atoms. The molecule has 0 N–H and O–H groups in total. The van der Waals surface area contributed by atoms with Gasteiger partial charge in [0.1, 0.15) is 0 Å². The number of hydrogen-bond donors (Lipinski definition) is 0. The second-order valence-electron chi connectivity index (χ2n) is 6.44. The van der Waals surface area contributed by atoms with Crippen LogP contribution in [-0.2, 0) is 11.3 Å². The van der Waals surface area contributed by atoms with Crippen LogP contribution < -0.4 is 0 Å². The maximum absolute atomic E-state index is 6.32. The molecule has 0 radical (unpaired) electrons. The van der Waals surface area contributed by atoms with Crippen molar-refractivity contribution in [2.75, 3.05) is 0 Å². The molecule has 1 nitrogen and oxygen atoms in total. The van der Waals surface area contributed by atoms with E-state index in [4.69, 9.17) is 4.74 Å².